The molecule has 3 heteroatoms. The molecule has 1 rings (SSSR count). The fraction of sp³-hybridized carbons (Fsp3) is 0.733. The van der Waals surface area contributed by atoms with E-state index in [-0.39, 0.29) is 0 Å². The van der Waals surface area contributed by atoms with Crippen molar-refractivity contribution in [2.45, 2.75) is 53.5 Å². The molecule has 108 valence electrons. The van der Waals surface area contributed by atoms with Crippen molar-refractivity contribution < 1.29 is 4.42 Å². The highest BCUT2D eigenvalue weighted by molar-refractivity contribution is 5.12. The topological polar surface area (TPSA) is 51.2 Å². The van der Waals surface area contributed by atoms with Crippen LogP contribution in [-0.2, 0) is 13.0 Å². The third kappa shape index (κ3) is 15.2. The Morgan fingerprint density at radius 3 is 2.11 bits per heavy atom. The molecule has 0 fully saturated rings. The van der Waals surface area contributed by atoms with Gasteiger partial charge < -0.3 is 15.5 Å². The summed E-state index contributed by atoms with van der Waals surface area (Å²) >= 11 is 0. The predicted molar refractivity (Wildman–Crippen MR) is 80.7 cm³/mol. The van der Waals surface area contributed by atoms with Crippen LogP contribution in [0.15, 0.2) is 16.7 Å². The minimum atomic E-state index is 0.506. The lowest BCUT2D eigenvalue weighted by atomic mass is 10.1. The highest BCUT2D eigenvalue weighted by Crippen LogP contribution is 2.09. The smallest absolute Gasteiger partial charge is 0.117 e. The van der Waals surface area contributed by atoms with Crippen LogP contribution in [0.5, 0.6) is 0 Å². The first-order valence-corrected chi connectivity index (χ1v) is 6.86. The second-order valence-electron chi connectivity index (χ2n) is 4.96. The third-order valence-electron chi connectivity index (χ3n) is 1.73. The summed E-state index contributed by atoms with van der Waals surface area (Å²) < 4.78 is 5.19. The summed E-state index contributed by atoms with van der Waals surface area (Å²) in [6.45, 7) is 9.19. The van der Waals surface area contributed by atoms with Crippen molar-refractivity contribution in [2.24, 2.45) is 11.7 Å². The van der Waals surface area contributed by atoms with Crippen LogP contribution in [0.4, 0.5) is 0 Å². The van der Waals surface area contributed by atoms with Gasteiger partial charge in [0.15, 0.2) is 0 Å². The van der Waals surface area contributed by atoms with Crippen LogP contribution < -0.4 is 11.1 Å². The Labute approximate surface area is 113 Å². The monoisotopic (exact) mass is 256 g/mol. The lowest BCUT2D eigenvalue weighted by molar-refractivity contribution is 0.510. The number of unbranched alkanes of at least 4 members (excludes halogenated alkanes) is 1. The van der Waals surface area contributed by atoms with Crippen molar-refractivity contribution in [3.63, 3.8) is 0 Å². The highest BCUT2D eigenvalue weighted by Gasteiger charge is 1.98. The number of furan rings is 1. The van der Waals surface area contributed by atoms with E-state index in [0.29, 0.717) is 6.54 Å². The Balaban J connectivity index is 0. The molecule has 0 saturated carbocycles. The number of aryl methyl sites for hydroxylation is 1. The van der Waals surface area contributed by atoms with Crippen molar-refractivity contribution in [3.8, 4) is 0 Å². The van der Waals surface area contributed by atoms with E-state index in [9.17, 15) is 0 Å². The molecule has 1 aromatic rings. The van der Waals surface area contributed by atoms with Crippen LogP contribution in [0.1, 0.15) is 51.9 Å². The average Bonchev–Trinajstić information content (AvgIpc) is 2.74. The summed E-state index contributed by atoms with van der Waals surface area (Å²) in [4.78, 5) is 0. The van der Waals surface area contributed by atoms with E-state index in [4.69, 9.17) is 10.2 Å². The van der Waals surface area contributed by atoms with E-state index >= 15 is 0 Å². The Kier molecular flexibility index (Phi) is 15.5. The Hall–Kier alpha value is -0.800. The quantitative estimate of drug-likeness (QED) is 0.865. The average molecular weight is 256 g/mol. The Morgan fingerprint density at radius 2 is 1.78 bits per heavy atom. The first-order valence-electron chi connectivity index (χ1n) is 6.86. The van der Waals surface area contributed by atoms with E-state index < -0.39 is 0 Å². The molecule has 0 saturated heterocycles. The maximum Gasteiger partial charge on any atom is 0.117 e. The van der Waals surface area contributed by atoms with Crippen molar-refractivity contribution >= 4 is 0 Å². The van der Waals surface area contributed by atoms with Gasteiger partial charge in [-0.05, 0) is 44.5 Å². The number of nitrogens with one attached hydrogen (secondary N) is 1. The molecule has 1 aromatic heterocycles. The molecule has 0 spiro atoms. The van der Waals surface area contributed by atoms with Crippen molar-refractivity contribution in [1.82, 2.24) is 5.32 Å². The zero-order chi connectivity index (χ0) is 14.4. The lowest BCUT2D eigenvalue weighted by Gasteiger charge is -1.90. The molecule has 0 bridgehead atoms. The van der Waals surface area contributed by atoms with Gasteiger partial charge in [0.1, 0.15) is 5.76 Å². The van der Waals surface area contributed by atoms with Crippen molar-refractivity contribution in [1.29, 1.82) is 0 Å². The molecule has 0 aliphatic carbocycles. The Morgan fingerprint density at radius 1 is 1.28 bits per heavy atom. The van der Waals surface area contributed by atoms with Gasteiger partial charge in [0.25, 0.3) is 0 Å². The normalized spacial score (nSPS) is 9.33. The molecule has 18 heavy (non-hydrogen) atoms. The minimum Gasteiger partial charge on any atom is -0.468 e. The van der Waals surface area contributed by atoms with Crippen molar-refractivity contribution in [3.05, 3.63) is 23.7 Å². The summed E-state index contributed by atoms with van der Waals surface area (Å²) in [6, 6.07) is 2.04. The lowest BCUT2D eigenvalue weighted by Crippen LogP contribution is -1.92. The van der Waals surface area contributed by atoms with E-state index in [1.54, 1.807) is 6.26 Å². The van der Waals surface area contributed by atoms with Gasteiger partial charge in [0, 0.05) is 0 Å². The molecule has 3 nitrogen and oxygen atoms in total. The van der Waals surface area contributed by atoms with E-state index in [1.807, 2.05) is 20.2 Å². The van der Waals surface area contributed by atoms with Crippen molar-refractivity contribution in [2.75, 3.05) is 14.1 Å². The Bertz CT molecular complexity index is 254. The van der Waals surface area contributed by atoms with Crippen LogP contribution in [0.2, 0.25) is 0 Å². The zero-order valence-corrected chi connectivity index (χ0v) is 13.0. The standard InChI is InChI=1S/C9H15NO.C4H10.C2H7N/c1-2-3-4-8-5-9(6-10)11-7-8;1-4(2)3;1-3-2/h5,7H,2-4,6,10H2,1H3;4H,1-3H3;3H,1-2H3. The van der Waals surface area contributed by atoms with Gasteiger partial charge in [0.2, 0.25) is 0 Å². The SMILES string of the molecule is CC(C)C.CCCCc1coc(CN)c1.CNC. The predicted octanol–water partition coefficient (Wildman–Crippen LogP) is 3.58. The summed E-state index contributed by atoms with van der Waals surface area (Å²) in [7, 11) is 3.75. The summed E-state index contributed by atoms with van der Waals surface area (Å²) in [5.41, 5.74) is 6.67. The van der Waals surface area contributed by atoms with E-state index in [1.165, 1.54) is 18.4 Å². The molecule has 3 N–H and O–H groups in total. The summed E-state index contributed by atoms with van der Waals surface area (Å²) in [5.74, 6) is 1.72. The molecular weight excluding hydrogens is 224 g/mol. The fourth-order valence-electron chi connectivity index (χ4n) is 1.05. The number of hydrogen-bond acceptors (Lipinski definition) is 3. The number of rotatable bonds is 4. The van der Waals surface area contributed by atoms with Gasteiger partial charge in [-0.3, -0.25) is 0 Å². The van der Waals surface area contributed by atoms with Crippen LogP contribution in [-0.4, -0.2) is 14.1 Å². The molecule has 0 aromatic carbocycles. The molecule has 0 amide bonds. The van der Waals surface area contributed by atoms with Crippen LogP contribution >= 0.6 is 0 Å². The van der Waals surface area contributed by atoms with Gasteiger partial charge in [-0.2, -0.15) is 0 Å². The second kappa shape index (κ2) is 14.3. The van der Waals surface area contributed by atoms with Crippen LogP contribution in [0, 0.1) is 5.92 Å². The zero-order valence-electron chi connectivity index (χ0n) is 13.0. The van der Waals surface area contributed by atoms with E-state index in [2.05, 4.69) is 33.0 Å². The molecule has 0 radical (unpaired) electrons. The maximum absolute atomic E-state index is 5.40. The van der Waals surface area contributed by atoms with Crippen LogP contribution in [0.3, 0.4) is 0 Å². The first-order chi connectivity index (χ1) is 8.51. The van der Waals surface area contributed by atoms with E-state index in [0.717, 1.165) is 18.1 Å². The summed E-state index contributed by atoms with van der Waals surface area (Å²) in [6.07, 6.45) is 5.37. The number of nitrogens with two attached hydrogens (primary N) is 1. The minimum absolute atomic E-state index is 0.506. The molecule has 0 aliphatic rings. The number of hydrogen-bond donors (Lipinski definition) is 2. The molecular formula is C15H32N2O. The molecule has 0 atom stereocenters. The van der Waals surface area contributed by atoms with Gasteiger partial charge in [-0.15, -0.1) is 0 Å². The van der Waals surface area contributed by atoms with Gasteiger partial charge in [0.05, 0.1) is 12.8 Å². The first kappa shape index (κ1) is 19.5. The summed E-state index contributed by atoms with van der Waals surface area (Å²) in [5, 5.41) is 2.75. The third-order valence-corrected chi connectivity index (χ3v) is 1.73. The maximum atomic E-state index is 5.40. The van der Waals surface area contributed by atoms with Gasteiger partial charge in [-0.25, -0.2) is 0 Å². The van der Waals surface area contributed by atoms with Gasteiger partial charge >= 0.3 is 0 Å². The molecule has 0 aliphatic heterocycles. The second-order valence-corrected chi connectivity index (χ2v) is 4.96. The highest BCUT2D eigenvalue weighted by atomic mass is 16.3. The largest absolute Gasteiger partial charge is 0.468 e. The molecule has 0 unspecified atom stereocenters. The van der Waals surface area contributed by atoms with Gasteiger partial charge in [-0.1, -0.05) is 34.1 Å². The van der Waals surface area contributed by atoms with Crippen LogP contribution in [0.25, 0.3) is 0 Å². The fourth-order valence-corrected chi connectivity index (χ4v) is 1.05. The molecule has 1 heterocycles.